The van der Waals surface area contributed by atoms with E-state index in [-0.39, 0.29) is 11.4 Å². The molecule has 0 fully saturated rings. The number of rotatable bonds is 5. The molecule has 0 unspecified atom stereocenters. The summed E-state index contributed by atoms with van der Waals surface area (Å²) >= 11 is 1.66. The van der Waals surface area contributed by atoms with Crippen molar-refractivity contribution in [3.8, 4) is 27.4 Å². The quantitative estimate of drug-likeness (QED) is 0.460. The molecular weight excluding hydrogens is 488 g/mol. The molecule has 5 rings (SSSR count). The first kappa shape index (κ1) is 26.0. The average Bonchev–Trinajstić information content (AvgIpc) is 3.50. The van der Waals surface area contributed by atoms with E-state index in [2.05, 4.69) is 36.8 Å². The van der Waals surface area contributed by atoms with Crippen molar-refractivity contribution in [3.05, 3.63) is 52.0 Å². The van der Waals surface area contributed by atoms with E-state index in [1.54, 1.807) is 11.3 Å². The molecule has 8 heteroatoms. The summed E-state index contributed by atoms with van der Waals surface area (Å²) in [4.78, 5) is 17.3. The third kappa shape index (κ3) is 4.40. The van der Waals surface area contributed by atoms with E-state index < -0.39 is 18.8 Å². The number of aryl methyl sites for hydroxylation is 1. The number of benzene rings is 1. The number of aliphatic hydroxyl groups is 3. The summed E-state index contributed by atoms with van der Waals surface area (Å²) in [5.41, 5.74) is 6.06. The van der Waals surface area contributed by atoms with Crippen molar-refractivity contribution < 1.29 is 24.9 Å². The highest BCUT2D eigenvalue weighted by Crippen LogP contribution is 2.48. The number of carbonyl (C=O) groups is 1. The highest BCUT2D eigenvalue weighted by molar-refractivity contribution is 7.13. The van der Waals surface area contributed by atoms with Gasteiger partial charge in [-0.05, 0) is 81.2 Å². The molecule has 2 aliphatic rings. The van der Waals surface area contributed by atoms with E-state index in [4.69, 9.17) is 4.74 Å². The molecule has 7 nitrogen and oxygen atoms in total. The summed E-state index contributed by atoms with van der Waals surface area (Å²) in [6.07, 6.45) is 0.857. The molecule has 0 spiro atoms. The van der Waals surface area contributed by atoms with Crippen LogP contribution in [-0.4, -0.2) is 62.6 Å². The van der Waals surface area contributed by atoms with E-state index in [0.29, 0.717) is 24.3 Å². The van der Waals surface area contributed by atoms with Gasteiger partial charge in [0.05, 0.1) is 19.4 Å². The van der Waals surface area contributed by atoms with Crippen LogP contribution >= 0.6 is 11.3 Å². The summed E-state index contributed by atoms with van der Waals surface area (Å²) in [6, 6.07) is 7.94. The summed E-state index contributed by atoms with van der Waals surface area (Å²) in [6.45, 7) is 7.12. The van der Waals surface area contributed by atoms with Gasteiger partial charge in [-0.3, -0.25) is 4.79 Å². The lowest BCUT2D eigenvalue weighted by atomic mass is 9.90. The molecule has 198 valence electrons. The van der Waals surface area contributed by atoms with E-state index in [9.17, 15) is 20.1 Å². The zero-order valence-electron chi connectivity index (χ0n) is 22.0. The zero-order valence-corrected chi connectivity index (χ0v) is 22.8. The average molecular weight is 525 g/mol. The SMILES string of the molecule is COc1cc2c(cc1[C@H](O)[C@H](O)CO)-c1c(-c3cccs3)c3c(n1CC2)C(=O)N(C(C)(C)C)CCCC3. The van der Waals surface area contributed by atoms with Crippen molar-refractivity contribution in [2.45, 2.75) is 70.7 Å². The zero-order chi connectivity index (χ0) is 26.5. The molecule has 1 aromatic carbocycles. The van der Waals surface area contributed by atoms with Crippen LogP contribution in [-0.2, 0) is 19.4 Å². The van der Waals surface area contributed by atoms with Gasteiger partial charge in [0.15, 0.2) is 0 Å². The molecule has 0 aliphatic carbocycles. The fourth-order valence-electron chi connectivity index (χ4n) is 5.80. The number of hydrogen-bond donors (Lipinski definition) is 3. The molecule has 2 atom stereocenters. The Morgan fingerprint density at radius 2 is 1.89 bits per heavy atom. The molecular formula is C29H36N2O5S. The molecule has 4 heterocycles. The molecule has 0 radical (unpaired) electrons. The number of aromatic nitrogens is 1. The Labute approximate surface area is 221 Å². The number of nitrogens with zero attached hydrogens (tertiary/aromatic N) is 2. The van der Waals surface area contributed by atoms with Crippen molar-refractivity contribution >= 4 is 17.2 Å². The van der Waals surface area contributed by atoms with Gasteiger partial charge in [-0.25, -0.2) is 0 Å². The molecule has 0 saturated heterocycles. The van der Waals surface area contributed by atoms with Gasteiger partial charge in [0.25, 0.3) is 5.91 Å². The van der Waals surface area contributed by atoms with Crippen LogP contribution < -0.4 is 4.74 Å². The van der Waals surface area contributed by atoms with E-state index in [1.165, 1.54) is 7.11 Å². The summed E-state index contributed by atoms with van der Waals surface area (Å²) in [5.74, 6) is 0.545. The smallest absolute Gasteiger partial charge is 0.271 e. The lowest BCUT2D eigenvalue weighted by Gasteiger charge is -2.37. The van der Waals surface area contributed by atoms with Crippen LogP contribution in [0.15, 0.2) is 29.6 Å². The molecule has 2 aromatic heterocycles. The van der Waals surface area contributed by atoms with E-state index >= 15 is 0 Å². The van der Waals surface area contributed by atoms with Gasteiger partial charge < -0.3 is 29.5 Å². The van der Waals surface area contributed by atoms with Gasteiger partial charge >= 0.3 is 0 Å². The first-order valence-electron chi connectivity index (χ1n) is 13.0. The summed E-state index contributed by atoms with van der Waals surface area (Å²) in [7, 11) is 1.54. The predicted octanol–water partition coefficient (Wildman–Crippen LogP) is 4.41. The minimum Gasteiger partial charge on any atom is -0.496 e. The fraction of sp³-hybridized carbons (Fsp3) is 0.483. The predicted molar refractivity (Wildman–Crippen MR) is 145 cm³/mol. The molecule has 0 saturated carbocycles. The second kappa shape index (κ2) is 9.91. The van der Waals surface area contributed by atoms with E-state index in [0.717, 1.165) is 64.3 Å². The Bertz CT molecular complexity index is 1310. The van der Waals surface area contributed by atoms with Crippen LogP contribution in [0.1, 0.15) is 66.9 Å². The fourth-order valence-corrected chi connectivity index (χ4v) is 6.60. The third-order valence-electron chi connectivity index (χ3n) is 7.63. The molecule has 37 heavy (non-hydrogen) atoms. The maximum atomic E-state index is 14.2. The van der Waals surface area contributed by atoms with Crippen molar-refractivity contribution in [2.75, 3.05) is 20.3 Å². The van der Waals surface area contributed by atoms with Crippen LogP contribution in [0.4, 0.5) is 0 Å². The van der Waals surface area contributed by atoms with Crippen LogP contribution in [0.2, 0.25) is 0 Å². The van der Waals surface area contributed by atoms with Crippen LogP contribution in [0.5, 0.6) is 5.75 Å². The van der Waals surface area contributed by atoms with Crippen LogP contribution in [0.3, 0.4) is 0 Å². The minimum atomic E-state index is -1.33. The molecule has 3 N–H and O–H groups in total. The molecule has 2 aliphatic heterocycles. The van der Waals surface area contributed by atoms with Gasteiger partial charge in [0.1, 0.15) is 23.7 Å². The van der Waals surface area contributed by atoms with E-state index in [1.807, 2.05) is 23.1 Å². The Balaban J connectivity index is 1.80. The normalized spacial score (nSPS) is 17.4. The second-order valence-corrected chi connectivity index (χ2v) is 11.9. The number of amides is 1. The third-order valence-corrected chi connectivity index (χ3v) is 8.52. The number of hydrogen-bond acceptors (Lipinski definition) is 6. The molecule has 0 bridgehead atoms. The van der Waals surface area contributed by atoms with Crippen molar-refractivity contribution in [2.24, 2.45) is 0 Å². The Morgan fingerprint density at radius 1 is 1.11 bits per heavy atom. The number of methoxy groups -OCH3 is 1. The topological polar surface area (TPSA) is 95.2 Å². The minimum absolute atomic E-state index is 0.0687. The number of carbonyl (C=O) groups excluding carboxylic acids is 1. The van der Waals surface area contributed by atoms with Gasteiger partial charge in [-0.15, -0.1) is 11.3 Å². The maximum Gasteiger partial charge on any atom is 0.271 e. The monoisotopic (exact) mass is 524 g/mol. The lowest BCUT2D eigenvalue weighted by Crippen LogP contribution is -2.47. The molecule has 1 amide bonds. The number of fused-ring (bicyclic) bond motifs is 5. The highest BCUT2D eigenvalue weighted by Gasteiger charge is 2.38. The standard InChI is InChI=1S/C29H36N2O5S/c1-29(2,3)31-11-6-5-8-18-24(23-9-7-13-37-23)25-19-15-20(27(34)21(33)16-32)22(36-4)14-17(19)10-12-30(25)26(18)28(31)35/h7,9,13-15,21,27,32-34H,5-6,8,10-12,16H2,1-4H3/t21-,27+/m1/s1. The van der Waals surface area contributed by atoms with Crippen LogP contribution in [0.25, 0.3) is 21.7 Å². The lowest BCUT2D eigenvalue weighted by molar-refractivity contribution is -0.0162. The summed E-state index contributed by atoms with van der Waals surface area (Å²) in [5, 5.41) is 32.6. The number of ether oxygens (including phenoxy) is 1. The van der Waals surface area contributed by atoms with Crippen molar-refractivity contribution in [1.82, 2.24) is 9.47 Å². The first-order valence-corrected chi connectivity index (χ1v) is 13.8. The van der Waals surface area contributed by atoms with Crippen molar-refractivity contribution in [3.63, 3.8) is 0 Å². The van der Waals surface area contributed by atoms with Gasteiger partial charge in [-0.2, -0.15) is 0 Å². The Hall–Kier alpha value is -2.65. The second-order valence-electron chi connectivity index (χ2n) is 11.0. The Morgan fingerprint density at radius 3 is 2.54 bits per heavy atom. The maximum absolute atomic E-state index is 14.2. The Kier molecular flexibility index (Phi) is 6.96. The van der Waals surface area contributed by atoms with Gasteiger partial charge in [-0.1, -0.05) is 6.07 Å². The first-order chi connectivity index (χ1) is 17.7. The highest BCUT2D eigenvalue weighted by atomic mass is 32.1. The molecule has 3 aromatic rings. The number of thiophene rings is 1. The van der Waals surface area contributed by atoms with Gasteiger partial charge in [0.2, 0.25) is 0 Å². The summed E-state index contributed by atoms with van der Waals surface area (Å²) < 4.78 is 7.77. The largest absolute Gasteiger partial charge is 0.496 e. The van der Waals surface area contributed by atoms with Crippen molar-refractivity contribution in [1.29, 1.82) is 0 Å². The van der Waals surface area contributed by atoms with Gasteiger partial charge in [0, 0.05) is 40.2 Å². The number of aliphatic hydroxyl groups excluding tert-OH is 3. The van der Waals surface area contributed by atoms with Crippen LogP contribution in [0, 0.1) is 0 Å².